The van der Waals surface area contributed by atoms with Crippen LogP contribution in [0, 0.1) is 0 Å². The highest BCUT2D eigenvalue weighted by molar-refractivity contribution is 6.32. The number of halogens is 1. The number of hydrogen-bond donors (Lipinski definition) is 2. The van der Waals surface area contributed by atoms with Crippen molar-refractivity contribution >= 4 is 23.1 Å². The van der Waals surface area contributed by atoms with Crippen molar-refractivity contribution in [1.82, 2.24) is 24.7 Å². The number of nitrogens with two attached hydrogens (primary N) is 1. The number of anilines is 2. The van der Waals surface area contributed by atoms with Gasteiger partial charge in [-0.05, 0) is 6.92 Å². The Morgan fingerprint density at radius 3 is 2.88 bits per heavy atom. The molecular weight excluding hydrogens is 242 g/mol. The van der Waals surface area contributed by atoms with E-state index < -0.39 is 0 Å². The smallest absolute Gasteiger partial charge is 0.157 e. The molecule has 2 aromatic heterocycles. The molecule has 17 heavy (non-hydrogen) atoms. The molecule has 3 N–H and O–H groups in total. The molecule has 0 bridgehead atoms. The normalized spacial score (nSPS) is 12.4. The number of hydrogen-bond acceptors (Lipinski definition) is 6. The third-order valence-electron chi connectivity index (χ3n) is 2.32. The minimum atomic E-state index is -0.0873. The second kappa shape index (κ2) is 4.54. The number of aromatic nitrogens is 5. The lowest BCUT2D eigenvalue weighted by Gasteiger charge is -2.14. The molecule has 0 saturated carbocycles. The molecule has 2 rings (SSSR count). The predicted molar refractivity (Wildman–Crippen MR) is 64.5 cm³/mol. The topological polar surface area (TPSA) is 94.5 Å². The SMILES string of the molecule is CC(Nc1ncnc(Cl)c1N)c1nncn1C. The quantitative estimate of drug-likeness (QED) is 0.793. The Kier molecular flexibility index (Phi) is 3.10. The zero-order valence-electron chi connectivity index (χ0n) is 9.42. The highest BCUT2D eigenvalue weighted by Gasteiger charge is 2.14. The maximum absolute atomic E-state index is 5.80. The van der Waals surface area contributed by atoms with Crippen LogP contribution in [0.4, 0.5) is 11.5 Å². The second-order valence-corrected chi connectivity index (χ2v) is 3.95. The van der Waals surface area contributed by atoms with Crippen LogP contribution in [-0.4, -0.2) is 24.7 Å². The first kappa shape index (κ1) is 11.6. The summed E-state index contributed by atoms with van der Waals surface area (Å²) in [6, 6.07) is -0.0873. The second-order valence-electron chi connectivity index (χ2n) is 3.59. The van der Waals surface area contributed by atoms with Gasteiger partial charge in [0.2, 0.25) is 0 Å². The maximum atomic E-state index is 5.80. The van der Waals surface area contributed by atoms with E-state index in [1.54, 1.807) is 6.33 Å². The maximum Gasteiger partial charge on any atom is 0.157 e. The molecule has 8 heteroatoms. The number of nitrogen functional groups attached to an aromatic ring is 1. The molecule has 2 aromatic rings. The van der Waals surface area contributed by atoms with Crippen LogP contribution in [0.25, 0.3) is 0 Å². The first-order chi connectivity index (χ1) is 8.09. The van der Waals surface area contributed by atoms with Crippen molar-refractivity contribution in [3.05, 3.63) is 23.6 Å². The lowest BCUT2D eigenvalue weighted by Crippen LogP contribution is -2.14. The van der Waals surface area contributed by atoms with Crippen LogP contribution in [0.15, 0.2) is 12.7 Å². The van der Waals surface area contributed by atoms with Crippen LogP contribution in [0.1, 0.15) is 18.8 Å². The summed E-state index contributed by atoms with van der Waals surface area (Å²) >= 11 is 5.80. The van der Waals surface area contributed by atoms with Crippen LogP contribution < -0.4 is 11.1 Å². The van der Waals surface area contributed by atoms with Gasteiger partial charge in [-0.15, -0.1) is 10.2 Å². The molecule has 0 spiro atoms. The molecule has 0 radical (unpaired) electrons. The lowest BCUT2D eigenvalue weighted by atomic mass is 10.3. The molecule has 0 aromatic carbocycles. The fraction of sp³-hybridized carbons (Fsp3) is 0.333. The highest BCUT2D eigenvalue weighted by Crippen LogP contribution is 2.25. The third-order valence-corrected chi connectivity index (χ3v) is 2.62. The van der Waals surface area contributed by atoms with Gasteiger partial charge in [0, 0.05) is 7.05 Å². The van der Waals surface area contributed by atoms with Gasteiger partial charge >= 0.3 is 0 Å². The zero-order valence-corrected chi connectivity index (χ0v) is 10.2. The van der Waals surface area contributed by atoms with E-state index in [1.807, 2.05) is 18.5 Å². The Labute approximate surface area is 103 Å². The summed E-state index contributed by atoms with van der Waals surface area (Å²) in [6.07, 6.45) is 2.98. The van der Waals surface area contributed by atoms with Crippen molar-refractivity contribution in [2.45, 2.75) is 13.0 Å². The minimum absolute atomic E-state index is 0.0873. The van der Waals surface area contributed by atoms with Crippen molar-refractivity contribution in [2.75, 3.05) is 11.1 Å². The number of nitrogens with one attached hydrogen (secondary N) is 1. The summed E-state index contributed by atoms with van der Waals surface area (Å²) < 4.78 is 1.82. The van der Waals surface area contributed by atoms with Crippen LogP contribution in [0.3, 0.4) is 0 Å². The van der Waals surface area contributed by atoms with E-state index in [2.05, 4.69) is 25.5 Å². The van der Waals surface area contributed by atoms with E-state index in [0.29, 0.717) is 11.5 Å². The van der Waals surface area contributed by atoms with Gasteiger partial charge in [0.05, 0.1) is 6.04 Å². The van der Waals surface area contributed by atoms with E-state index in [9.17, 15) is 0 Å². The number of aryl methyl sites for hydroxylation is 1. The molecule has 0 fully saturated rings. The Balaban J connectivity index is 2.22. The van der Waals surface area contributed by atoms with Crippen LogP contribution in [0.5, 0.6) is 0 Å². The molecule has 90 valence electrons. The summed E-state index contributed by atoms with van der Waals surface area (Å²) in [5.41, 5.74) is 6.08. The largest absolute Gasteiger partial charge is 0.393 e. The Bertz CT molecular complexity index is 524. The molecule has 1 atom stereocenters. The van der Waals surface area contributed by atoms with E-state index in [4.69, 9.17) is 17.3 Å². The van der Waals surface area contributed by atoms with E-state index in [1.165, 1.54) is 6.33 Å². The van der Waals surface area contributed by atoms with Gasteiger partial charge in [-0.2, -0.15) is 0 Å². The van der Waals surface area contributed by atoms with Gasteiger partial charge in [-0.1, -0.05) is 11.6 Å². The molecular formula is C9H12ClN7. The molecule has 0 amide bonds. The third kappa shape index (κ3) is 2.28. The van der Waals surface area contributed by atoms with E-state index in [-0.39, 0.29) is 11.2 Å². The summed E-state index contributed by atoms with van der Waals surface area (Å²) in [5.74, 6) is 1.26. The fourth-order valence-electron chi connectivity index (χ4n) is 1.44. The van der Waals surface area contributed by atoms with Crippen LogP contribution in [0.2, 0.25) is 5.15 Å². The first-order valence-electron chi connectivity index (χ1n) is 4.96. The summed E-state index contributed by atoms with van der Waals surface area (Å²) in [5, 5.41) is 11.1. The van der Waals surface area contributed by atoms with Gasteiger partial charge in [-0.25, -0.2) is 9.97 Å². The van der Waals surface area contributed by atoms with Gasteiger partial charge in [-0.3, -0.25) is 0 Å². The van der Waals surface area contributed by atoms with Crippen LogP contribution in [-0.2, 0) is 7.05 Å². The summed E-state index contributed by atoms with van der Waals surface area (Å²) in [7, 11) is 1.86. The highest BCUT2D eigenvalue weighted by atomic mass is 35.5. The van der Waals surface area contributed by atoms with Crippen molar-refractivity contribution in [3.8, 4) is 0 Å². The van der Waals surface area contributed by atoms with E-state index >= 15 is 0 Å². The standard InChI is InChI=1S/C9H12ClN7/c1-5(9-16-14-4-17(9)2)15-8-6(11)7(10)12-3-13-8/h3-5H,11H2,1-2H3,(H,12,13,15). The number of rotatable bonds is 3. The van der Waals surface area contributed by atoms with Crippen molar-refractivity contribution in [3.63, 3.8) is 0 Å². The fourth-order valence-corrected chi connectivity index (χ4v) is 1.58. The molecule has 7 nitrogen and oxygen atoms in total. The van der Waals surface area contributed by atoms with Crippen molar-refractivity contribution in [2.24, 2.45) is 7.05 Å². The zero-order chi connectivity index (χ0) is 12.4. The van der Waals surface area contributed by atoms with E-state index in [0.717, 1.165) is 5.82 Å². The molecule has 0 aliphatic heterocycles. The van der Waals surface area contributed by atoms with Gasteiger partial charge < -0.3 is 15.6 Å². The summed E-state index contributed by atoms with van der Waals surface area (Å²) in [4.78, 5) is 7.81. The van der Waals surface area contributed by atoms with Crippen molar-refractivity contribution in [1.29, 1.82) is 0 Å². The average Bonchev–Trinajstić information content (AvgIpc) is 2.71. The molecule has 0 aliphatic carbocycles. The Hall–Kier alpha value is -1.89. The van der Waals surface area contributed by atoms with Gasteiger partial charge in [0.25, 0.3) is 0 Å². The monoisotopic (exact) mass is 253 g/mol. The van der Waals surface area contributed by atoms with Gasteiger partial charge in [0.1, 0.15) is 18.3 Å². The van der Waals surface area contributed by atoms with Gasteiger partial charge in [0.15, 0.2) is 16.8 Å². The molecule has 0 saturated heterocycles. The predicted octanol–water partition coefficient (Wildman–Crippen LogP) is 1.01. The average molecular weight is 254 g/mol. The van der Waals surface area contributed by atoms with Crippen molar-refractivity contribution < 1.29 is 0 Å². The summed E-state index contributed by atoms with van der Waals surface area (Å²) in [6.45, 7) is 1.93. The minimum Gasteiger partial charge on any atom is -0.393 e. The van der Waals surface area contributed by atoms with Crippen LogP contribution >= 0.6 is 11.6 Å². The lowest BCUT2D eigenvalue weighted by molar-refractivity contribution is 0.716. The Morgan fingerprint density at radius 2 is 2.24 bits per heavy atom. The molecule has 1 unspecified atom stereocenters. The number of nitrogens with zero attached hydrogens (tertiary/aromatic N) is 5. The first-order valence-corrected chi connectivity index (χ1v) is 5.33. The molecule has 0 aliphatic rings. The molecule has 2 heterocycles. The Morgan fingerprint density at radius 1 is 1.47 bits per heavy atom.